The van der Waals surface area contributed by atoms with Gasteiger partial charge in [0.1, 0.15) is 0 Å². The molecule has 2 atom stereocenters. The van der Waals surface area contributed by atoms with Crippen molar-refractivity contribution in [2.75, 3.05) is 0 Å². The van der Waals surface area contributed by atoms with Crippen molar-refractivity contribution in [2.45, 2.75) is 103 Å². The Morgan fingerprint density at radius 3 is 1.92 bits per heavy atom. The van der Waals surface area contributed by atoms with E-state index in [-0.39, 0.29) is 17.7 Å². The SMILES string of the molecule is CCCCCCCCCCCCCCC(C(N)=O)C(C)c1ccccn1. The van der Waals surface area contributed by atoms with Crippen molar-refractivity contribution in [2.24, 2.45) is 11.7 Å². The largest absolute Gasteiger partial charge is 0.369 e. The third-order valence-electron chi connectivity index (χ3n) is 5.49. The quantitative estimate of drug-likeness (QED) is 0.348. The summed E-state index contributed by atoms with van der Waals surface area (Å²) in [5.74, 6) is -0.194. The summed E-state index contributed by atoms with van der Waals surface area (Å²) in [6, 6.07) is 5.87. The van der Waals surface area contributed by atoms with Gasteiger partial charge in [-0.3, -0.25) is 9.78 Å². The molecule has 0 saturated heterocycles. The van der Waals surface area contributed by atoms with Crippen LogP contribution in [0.5, 0.6) is 0 Å². The number of carbonyl (C=O) groups is 1. The van der Waals surface area contributed by atoms with Crippen LogP contribution in [0, 0.1) is 5.92 Å². The van der Waals surface area contributed by atoms with Crippen LogP contribution in [0.1, 0.15) is 109 Å². The highest BCUT2D eigenvalue weighted by Crippen LogP contribution is 2.27. The number of carbonyl (C=O) groups excluding carboxylic acids is 1. The van der Waals surface area contributed by atoms with E-state index in [9.17, 15) is 4.79 Å². The molecule has 0 bridgehead atoms. The number of hydrogen-bond donors (Lipinski definition) is 1. The first-order valence-electron chi connectivity index (χ1n) is 10.9. The molecule has 0 saturated carbocycles. The number of rotatable bonds is 16. The maximum atomic E-state index is 11.8. The minimum atomic E-state index is -0.189. The molecule has 1 rings (SSSR count). The first kappa shape index (κ1) is 22.7. The van der Waals surface area contributed by atoms with Gasteiger partial charge in [0.2, 0.25) is 5.91 Å². The Bertz CT molecular complexity index is 461. The van der Waals surface area contributed by atoms with E-state index in [1.807, 2.05) is 18.2 Å². The van der Waals surface area contributed by atoms with Crippen LogP contribution in [0.15, 0.2) is 24.4 Å². The molecule has 0 fully saturated rings. The highest BCUT2D eigenvalue weighted by molar-refractivity contribution is 5.77. The van der Waals surface area contributed by atoms with E-state index in [0.29, 0.717) is 0 Å². The predicted molar refractivity (Wildman–Crippen MR) is 111 cm³/mol. The van der Waals surface area contributed by atoms with E-state index < -0.39 is 0 Å². The van der Waals surface area contributed by atoms with E-state index in [1.54, 1.807) is 6.20 Å². The molecule has 2 N–H and O–H groups in total. The molecule has 3 heteroatoms. The molecule has 3 nitrogen and oxygen atoms in total. The van der Waals surface area contributed by atoms with Gasteiger partial charge in [-0.2, -0.15) is 0 Å². The third-order valence-corrected chi connectivity index (χ3v) is 5.49. The topological polar surface area (TPSA) is 56.0 Å². The molecule has 1 aromatic heterocycles. The highest BCUT2D eigenvalue weighted by atomic mass is 16.1. The van der Waals surface area contributed by atoms with Gasteiger partial charge < -0.3 is 5.73 Å². The van der Waals surface area contributed by atoms with Gasteiger partial charge in [-0.1, -0.05) is 97.0 Å². The molecule has 0 radical (unpaired) electrons. The standard InChI is InChI=1S/C23H40N2O/c1-3-4-5-6-7-8-9-10-11-12-13-14-17-21(23(24)26)20(2)22-18-15-16-19-25-22/h15-16,18-21H,3-14,17H2,1-2H3,(H2,24,26). The van der Waals surface area contributed by atoms with Gasteiger partial charge in [0.25, 0.3) is 0 Å². The van der Waals surface area contributed by atoms with E-state index in [4.69, 9.17) is 5.73 Å². The summed E-state index contributed by atoms with van der Waals surface area (Å²) in [5.41, 5.74) is 6.62. The van der Waals surface area contributed by atoms with Crippen LogP contribution < -0.4 is 5.73 Å². The second kappa shape index (κ2) is 14.8. The normalized spacial score (nSPS) is 13.5. The van der Waals surface area contributed by atoms with E-state index >= 15 is 0 Å². The first-order valence-corrected chi connectivity index (χ1v) is 10.9. The molecule has 1 amide bonds. The van der Waals surface area contributed by atoms with Crippen molar-refractivity contribution < 1.29 is 4.79 Å². The lowest BCUT2D eigenvalue weighted by Gasteiger charge is -2.20. The van der Waals surface area contributed by atoms with E-state index in [1.165, 1.54) is 70.6 Å². The van der Waals surface area contributed by atoms with Gasteiger partial charge in [-0.15, -0.1) is 0 Å². The van der Waals surface area contributed by atoms with E-state index in [2.05, 4.69) is 18.8 Å². The Morgan fingerprint density at radius 2 is 1.46 bits per heavy atom. The summed E-state index contributed by atoms with van der Waals surface area (Å²) in [5, 5.41) is 0. The number of pyridine rings is 1. The van der Waals surface area contributed by atoms with Crippen molar-refractivity contribution in [3.05, 3.63) is 30.1 Å². The lowest BCUT2D eigenvalue weighted by molar-refractivity contribution is -0.122. The maximum absolute atomic E-state index is 11.8. The lowest BCUT2D eigenvalue weighted by atomic mass is 9.86. The van der Waals surface area contributed by atoms with Crippen molar-refractivity contribution in [1.29, 1.82) is 0 Å². The van der Waals surface area contributed by atoms with Gasteiger partial charge in [0.15, 0.2) is 0 Å². The second-order valence-corrected chi connectivity index (χ2v) is 7.73. The number of amides is 1. The fourth-order valence-electron chi connectivity index (χ4n) is 3.70. The van der Waals surface area contributed by atoms with Gasteiger partial charge in [-0.05, 0) is 18.6 Å². The summed E-state index contributed by atoms with van der Waals surface area (Å²) in [4.78, 5) is 16.2. The van der Waals surface area contributed by atoms with Crippen molar-refractivity contribution in [3.8, 4) is 0 Å². The zero-order chi connectivity index (χ0) is 19.0. The van der Waals surface area contributed by atoms with Crippen molar-refractivity contribution >= 4 is 5.91 Å². The summed E-state index contributed by atoms with van der Waals surface area (Å²) in [6.07, 6.45) is 18.7. The molecule has 148 valence electrons. The number of aromatic nitrogens is 1. The molecule has 1 aromatic rings. The number of hydrogen-bond acceptors (Lipinski definition) is 2. The van der Waals surface area contributed by atoms with Crippen LogP contribution in [0.4, 0.5) is 0 Å². The van der Waals surface area contributed by atoms with Gasteiger partial charge in [0, 0.05) is 23.7 Å². The lowest BCUT2D eigenvalue weighted by Crippen LogP contribution is -2.28. The maximum Gasteiger partial charge on any atom is 0.221 e. The molecule has 26 heavy (non-hydrogen) atoms. The van der Waals surface area contributed by atoms with Crippen molar-refractivity contribution in [1.82, 2.24) is 4.98 Å². The minimum Gasteiger partial charge on any atom is -0.369 e. The summed E-state index contributed by atoms with van der Waals surface area (Å²) in [6.45, 7) is 4.34. The first-order chi connectivity index (χ1) is 12.7. The van der Waals surface area contributed by atoms with Crippen LogP contribution in [0.3, 0.4) is 0 Å². The molecule has 0 aliphatic rings. The minimum absolute atomic E-state index is 0.0985. The van der Waals surface area contributed by atoms with Crippen LogP contribution in [-0.2, 0) is 4.79 Å². The number of nitrogens with zero attached hydrogens (tertiary/aromatic N) is 1. The second-order valence-electron chi connectivity index (χ2n) is 7.73. The molecule has 1 heterocycles. The average Bonchev–Trinajstić information content (AvgIpc) is 2.65. The van der Waals surface area contributed by atoms with Crippen LogP contribution in [0.25, 0.3) is 0 Å². The monoisotopic (exact) mass is 360 g/mol. The summed E-state index contributed by atoms with van der Waals surface area (Å²) < 4.78 is 0. The number of unbranched alkanes of at least 4 members (excludes halogenated alkanes) is 11. The summed E-state index contributed by atoms with van der Waals surface area (Å²) >= 11 is 0. The van der Waals surface area contributed by atoms with Gasteiger partial charge in [-0.25, -0.2) is 0 Å². The Hall–Kier alpha value is -1.38. The molecule has 0 aliphatic carbocycles. The van der Waals surface area contributed by atoms with E-state index in [0.717, 1.165) is 18.5 Å². The Labute approximate surface area is 161 Å². The molecule has 0 spiro atoms. The average molecular weight is 361 g/mol. The highest BCUT2D eigenvalue weighted by Gasteiger charge is 2.24. The molecule has 0 aliphatic heterocycles. The third kappa shape index (κ3) is 9.94. The van der Waals surface area contributed by atoms with Crippen molar-refractivity contribution in [3.63, 3.8) is 0 Å². The fourth-order valence-corrected chi connectivity index (χ4v) is 3.70. The predicted octanol–water partition coefficient (Wildman–Crippen LogP) is 6.38. The Morgan fingerprint density at radius 1 is 0.923 bits per heavy atom. The van der Waals surface area contributed by atoms with Crippen LogP contribution in [0.2, 0.25) is 0 Å². The molecule has 2 unspecified atom stereocenters. The van der Waals surface area contributed by atoms with Crippen LogP contribution in [-0.4, -0.2) is 10.9 Å². The Kier molecular flexibility index (Phi) is 12.9. The summed E-state index contributed by atoms with van der Waals surface area (Å²) in [7, 11) is 0. The zero-order valence-corrected chi connectivity index (χ0v) is 17.1. The van der Waals surface area contributed by atoms with Crippen LogP contribution >= 0.6 is 0 Å². The fraction of sp³-hybridized carbons (Fsp3) is 0.739. The zero-order valence-electron chi connectivity index (χ0n) is 17.1. The molecular weight excluding hydrogens is 320 g/mol. The number of primary amides is 1. The molecular formula is C23H40N2O. The van der Waals surface area contributed by atoms with Gasteiger partial charge >= 0.3 is 0 Å². The Balaban J connectivity index is 2.08. The number of nitrogens with two attached hydrogens (primary N) is 1. The molecule has 0 aromatic carbocycles. The smallest absolute Gasteiger partial charge is 0.221 e. The van der Waals surface area contributed by atoms with Gasteiger partial charge in [0.05, 0.1) is 0 Å².